The molecule has 0 aromatic rings. The second-order valence-electron chi connectivity index (χ2n) is 23.3. The van der Waals surface area contributed by atoms with E-state index in [9.17, 15) is 75.7 Å². The van der Waals surface area contributed by atoms with Gasteiger partial charge in [0, 0.05) is 19.8 Å². The number of amides is 2. The van der Waals surface area contributed by atoms with Gasteiger partial charge in [0.15, 0.2) is 12.6 Å². The van der Waals surface area contributed by atoms with E-state index in [-0.39, 0.29) is 12.3 Å². The third kappa shape index (κ3) is 26.5. The molecule has 0 radical (unpaired) electrons. The first-order chi connectivity index (χ1) is 40.4. The Hall–Kier alpha value is -2.79. The molecule has 490 valence electrons. The van der Waals surface area contributed by atoms with Crippen molar-refractivity contribution < 1.29 is 104 Å². The van der Waals surface area contributed by atoms with E-state index in [0.29, 0.717) is 12.8 Å². The Morgan fingerprint density at radius 3 is 1.62 bits per heavy atom. The highest BCUT2D eigenvalue weighted by atomic mass is 16.8. The third-order valence-corrected chi connectivity index (χ3v) is 16.1. The number of hydrogen-bond acceptors (Lipinski definition) is 20. The topological polar surface area (TPSA) is 373 Å². The van der Waals surface area contributed by atoms with E-state index in [2.05, 4.69) is 36.6 Å². The lowest BCUT2D eigenvalue weighted by molar-refractivity contribution is -0.386. The number of aliphatic hydroxyl groups excluding tert-OH is 11. The molecule has 3 aliphatic rings. The highest BCUT2D eigenvalue weighted by Gasteiger charge is 2.60. The Balaban J connectivity index is 1.66. The van der Waals surface area contributed by atoms with Gasteiger partial charge in [-0.3, -0.25) is 9.59 Å². The maximum absolute atomic E-state index is 13.4. The van der Waals surface area contributed by atoms with Crippen LogP contribution in [0.1, 0.15) is 207 Å². The summed E-state index contributed by atoms with van der Waals surface area (Å²) < 4.78 is 34.7. The molecule has 3 rings (SSSR count). The van der Waals surface area contributed by atoms with Crippen molar-refractivity contribution in [3.05, 3.63) is 24.3 Å². The van der Waals surface area contributed by atoms with E-state index in [1.165, 1.54) is 103 Å². The van der Waals surface area contributed by atoms with Gasteiger partial charge in [-0.05, 0) is 44.9 Å². The lowest BCUT2D eigenvalue weighted by atomic mass is 9.88. The van der Waals surface area contributed by atoms with Gasteiger partial charge in [0.2, 0.25) is 11.8 Å². The molecule has 0 aliphatic carbocycles. The summed E-state index contributed by atoms with van der Waals surface area (Å²) in [5.74, 6) is -6.15. The summed E-state index contributed by atoms with van der Waals surface area (Å²) >= 11 is 0. The normalized spacial score (nSPS) is 29.9. The summed E-state index contributed by atoms with van der Waals surface area (Å²) in [4.78, 5) is 38.4. The molecule has 14 N–H and O–H groups in total. The zero-order valence-corrected chi connectivity index (χ0v) is 50.5. The Morgan fingerprint density at radius 2 is 1.12 bits per heavy atom. The molecule has 2 amide bonds. The molecule has 3 heterocycles. The summed E-state index contributed by atoms with van der Waals surface area (Å²) in [5, 5.41) is 136. The van der Waals surface area contributed by atoms with Gasteiger partial charge in [0.1, 0.15) is 67.1 Å². The van der Waals surface area contributed by atoms with E-state index in [0.717, 1.165) is 64.7 Å². The fraction of sp³-hybridized carbons (Fsp3) is 0.885. The van der Waals surface area contributed by atoms with Gasteiger partial charge in [-0.2, -0.15) is 0 Å². The number of carboxylic acid groups (broad SMARTS) is 1. The lowest BCUT2D eigenvalue weighted by Gasteiger charge is -2.50. The van der Waals surface area contributed by atoms with Crippen molar-refractivity contribution in [2.45, 2.75) is 317 Å². The number of carbonyl (C=O) groups is 3. The van der Waals surface area contributed by atoms with Crippen molar-refractivity contribution in [2.24, 2.45) is 0 Å². The summed E-state index contributed by atoms with van der Waals surface area (Å²) in [6.07, 6.45) is 9.49. The van der Waals surface area contributed by atoms with Gasteiger partial charge in [-0.15, -0.1) is 0 Å². The minimum atomic E-state index is -3.08. The maximum atomic E-state index is 13.4. The van der Waals surface area contributed by atoms with Crippen LogP contribution in [0.5, 0.6) is 0 Å². The molecule has 3 saturated heterocycles. The van der Waals surface area contributed by atoms with Crippen molar-refractivity contribution >= 4 is 17.8 Å². The monoisotopic (exact) mass is 1210 g/mol. The fourth-order valence-corrected chi connectivity index (χ4v) is 11.0. The van der Waals surface area contributed by atoms with E-state index in [4.69, 9.17) is 28.4 Å². The van der Waals surface area contributed by atoms with Gasteiger partial charge in [-0.25, -0.2) is 4.79 Å². The Bertz CT molecular complexity index is 1820. The van der Waals surface area contributed by atoms with Crippen LogP contribution in [0, 0.1) is 0 Å². The van der Waals surface area contributed by atoms with Crippen molar-refractivity contribution in [1.82, 2.24) is 10.6 Å². The van der Waals surface area contributed by atoms with Crippen LogP contribution in [-0.4, -0.2) is 215 Å². The van der Waals surface area contributed by atoms with Crippen LogP contribution in [0.3, 0.4) is 0 Å². The second kappa shape index (κ2) is 43.0. The van der Waals surface area contributed by atoms with Gasteiger partial charge < -0.3 is 100 Å². The first-order valence-electron chi connectivity index (χ1n) is 31.7. The molecule has 0 aromatic carbocycles. The van der Waals surface area contributed by atoms with E-state index in [1.807, 2.05) is 6.08 Å². The first-order valence-corrected chi connectivity index (χ1v) is 31.7. The average molecular weight is 1210 g/mol. The third-order valence-electron chi connectivity index (χ3n) is 16.1. The van der Waals surface area contributed by atoms with E-state index < -0.39 is 155 Å². The number of rotatable bonds is 46. The molecular weight excluding hydrogens is 1100 g/mol. The molecule has 84 heavy (non-hydrogen) atoms. The summed E-state index contributed by atoms with van der Waals surface area (Å²) in [6.45, 7) is 2.09. The summed E-state index contributed by atoms with van der Waals surface area (Å²) in [5.41, 5.74) is 0. The minimum absolute atomic E-state index is 0.190. The van der Waals surface area contributed by atoms with Crippen LogP contribution >= 0.6 is 0 Å². The molecule has 23 heteroatoms. The fourth-order valence-electron chi connectivity index (χ4n) is 11.0. The number of carbonyl (C=O) groups excluding carboxylic acids is 2. The first kappa shape index (κ1) is 75.5. The SMILES string of the molecule is CCCCCCCCC/C=C\CCCCCCCC(=O)NC(COC1OC(CO)C(OC2OC(CO)C(O)C(OC3(C(=O)O)CC(O)C(NC(C)=O)C(C(O)C(O)CO)O3)C2O)C(O)C1O)C(O)/C=C/CCCCCCCCCCCCCC. The van der Waals surface area contributed by atoms with Crippen LogP contribution in [0.15, 0.2) is 24.3 Å². The zero-order valence-electron chi connectivity index (χ0n) is 50.5. The standard InChI is InChI=1S/C61H110N2O21/c1-4-6-8-10-12-14-16-18-20-21-23-25-27-29-31-33-35-48(71)63-42(43(68)34-32-30-28-26-24-22-19-17-15-13-11-9-7-5-2)40-79-58-53(75)52(74)55(47(39-66)81-58)82-59-54(76)57(51(73)46(38-65)80-59)84-61(60(77)78)36-44(69)49(62-41(3)67)56(83-61)50(72)45(70)37-64/h20-21,32,34,42-47,49-59,64-66,68-70,72-76H,4-19,22-31,33,35-40H2,1-3H3,(H,62,67)(H,63,71)(H,77,78)/b21-20-,34-32+. The number of ether oxygens (including phenoxy) is 6. The maximum Gasteiger partial charge on any atom is 0.364 e. The number of hydrogen-bond donors (Lipinski definition) is 14. The van der Waals surface area contributed by atoms with Crippen molar-refractivity contribution in [1.29, 1.82) is 0 Å². The smallest absolute Gasteiger partial charge is 0.364 e. The largest absolute Gasteiger partial charge is 0.477 e. The predicted molar refractivity (Wildman–Crippen MR) is 311 cm³/mol. The molecule has 0 aromatic heterocycles. The Labute approximate surface area is 498 Å². The molecule has 18 atom stereocenters. The molecule has 0 bridgehead atoms. The number of aliphatic carboxylic acids is 1. The van der Waals surface area contributed by atoms with E-state index in [1.54, 1.807) is 6.08 Å². The Kier molecular flexibility index (Phi) is 38.6. The minimum Gasteiger partial charge on any atom is -0.477 e. The number of aliphatic hydroxyl groups is 11. The van der Waals surface area contributed by atoms with Crippen molar-refractivity contribution in [2.75, 3.05) is 26.4 Å². The molecule has 0 spiro atoms. The van der Waals surface area contributed by atoms with Crippen LogP contribution in [0.25, 0.3) is 0 Å². The van der Waals surface area contributed by atoms with Gasteiger partial charge >= 0.3 is 5.97 Å². The average Bonchev–Trinajstić information content (AvgIpc) is 3.32. The van der Waals surface area contributed by atoms with Crippen molar-refractivity contribution in [3.8, 4) is 0 Å². The second-order valence-corrected chi connectivity index (χ2v) is 23.3. The molecule has 0 saturated carbocycles. The Morgan fingerprint density at radius 1 is 0.619 bits per heavy atom. The molecule has 3 fully saturated rings. The van der Waals surface area contributed by atoms with Crippen LogP contribution < -0.4 is 10.6 Å². The van der Waals surface area contributed by atoms with Crippen molar-refractivity contribution in [3.63, 3.8) is 0 Å². The summed E-state index contributed by atoms with van der Waals surface area (Å²) in [7, 11) is 0. The lowest BCUT2D eigenvalue weighted by Crippen LogP contribution is -2.70. The summed E-state index contributed by atoms with van der Waals surface area (Å²) in [6, 6.07) is -2.62. The molecule has 3 aliphatic heterocycles. The van der Waals surface area contributed by atoms with Crippen LogP contribution in [0.2, 0.25) is 0 Å². The number of carboxylic acids is 1. The molecule has 18 unspecified atom stereocenters. The highest BCUT2D eigenvalue weighted by molar-refractivity contribution is 5.77. The quantitative estimate of drug-likeness (QED) is 0.0305. The van der Waals surface area contributed by atoms with E-state index >= 15 is 0 Å². The molecular formula is C61H110N2O21. The zero-order chi connectivity index (χ0) is 61.9. The molecule has 23 nitrogen and oxygen atoms in total. The predicted octanol–water partition coefficient (Wildman–Crippen LogP) is 3.72. The van der Waals surface area contributed by atoms with Crippen LogP contribution in [0.4, 0.5) is 0 Å². The number of allylic oxidation sites excluding steroid dienone is 3. The van der Waals surface area contributed by atoms with Gasteiger partial charge in [-0.1, -0.05) is 167 Å². The number of unbranched alkanes of at least 4 members (excludes halogenated alkanes) is 24. The number of nitrogens with one attached hydrogen (secondary N) is 2. The van der Waals surface area contributed by atoms with Gasteiger partial charge in [0.25, 0.3) is 5.79 Å². The van der Waals surface area contributed by atoms with Crippen LogP contribution in [-0.2, 0) is 42.8 Å². The highest BCUT2D eigenvalue weighted by Crippen LogP contribution is 2.38. The van der Waals surface area contributed by atoms with Gasteiger partial charge in [0.05, 0.1) is 50.7 Å².